The molecule has 0 spiro atoms. The maximum Gasteiger partial charge on any atom is 0.229 e. The number of nitrogens with zero attached hydrogens (tertiary/aromatic N) is 7. The third kappa shape index (κ3) is 4.76. The van der Waals surface area contributed by atoms with E-state index in [1.807, 2.05) is 12.1 Å². The van der Waals surface area contributed by atoms with Gasteiger partial charge in [0, 0.05) is 50.9 Å². The van der Waals surface area contributed by atoms with Gasteiger partial charge in [-0.15, -0.1) is 0 Å². The average molecular weight is 463 g/mol. The highest BCUT2D eigenvalue weighted by Crippen LogP contribution is 2.30. The lowest BCUT2D eigenvalue weighted by Gasteiger charge is -2.34. The standard InChI is InChI=1S/C25H34N8O/c1-17-21(32-13-11-31(3)12-14-32)7-8-22(27-17)29-25-26-16-19-15-20(18(2)34)28-24(23(19)30-25)33-9-5-4-6-10-33/h7-8,15-16,18,34H,4-6,9-14H2,1-3H3,(H,26,27,29,30)/t18-/m1/s1. The summed E-state index contributed by atoms with van der Waals surface area (Å²) in [5.41, 5.74) is 3.62. The van der Waals surface area contributed by atoms with Gasteiger partial charge in [-0.3, -0.25) is 0 Å². The van der Waals surface area contributed by atoms with Gasteiger partial charge in [-0.1, -0.05) is 0 Å². The zero-order chi connectivity index (χ0) is 23.7. The summed E-state index contributed by atoms with van der Waals surface area (Å²) in [6.45, 7) is 9.85. The number of piperazine rings is 1. The number of nitrogens with one attached hydrogen (secondary N) is 1. The minimum absolute atomic E-state index is 0.497. The molecule has 2 N–H and O–H groups in total. The molecule has 5 heterocycles. The maximum atomic E-state index is 10.2. The fraction of sp³-hybridized carbons (Fsp3) is 0.520. The molecule has 2 aliphatic heterocycles. The van der Waals surface area contributed by atoms with Crippen LogP contribution in [0, 0.1) is 6.92 Å². The van der Waals surface area contributed by atoms with E-state index in [9.17, 15) is 5.11 Å². The molecular weight excluding hydrogens is 428 g/mol. The third-order valence-corrected chi connectivity index (χ3v) is 6.79. The van der Waals surface area contributed by atoms with E-state index in [1.54, 1.807) is 13.1 Å². The Morgan fingerprint density at radius 1 is 0.941 bits per heavy atom. The van der Waals surface area contributed by atoms with Gasteiger partial charge < -0.3 is 25.1 Å². The summed E-state index contributed by atoms with van der Waals surface area (Å²) in [4.78, 5) is 26.0. The number of aliphatic hydroxyl groups is 1. The van der Waals surface area contributed by atoms with Crippen LogP contribution in [0.3, 0.4) is 0 Å². The maximum absolute atomic E-state index is 10.2. The summed E-state index contributed by atoms with van der Waals surface area (Å²) in [7, 11) is 2.16. The molecule has 5 rings (SSSR count). The highest BCUT2D eigenvalue weighted by Gasteiger charge is 2.20. The van der Waals surface area contributed by atoms with E-state index < -0.39 is 6.10 Å². The van der Waals surface area contributed by atoms with Gasteiger partial charge in [-0.25, -0.2) is 19.9 Å². The molecule has 2 saturated heterocycles. The van der Waals surface area contributed by atoms with Gasteiger partial charge in [0.25, 0.3) is 0 Å². The lowest BCUT2D eigenvalue weighted by atomic mass is 10.1. The van der Waals surface area contributed by atoms with E-state index >= 15 is 0 Å². The summed E-state index contributed by atoms with van der Waals surface area (Å²) >= 11 is 0. The molecule has 0 unspecified atom stereocenters. The number of aryl methyl sites for hydroxylation is 1. The molecule has 34 heavy (non-hydrogen) atoms. The molecule has 0 bridgehead atoms. The SMILES string of the molecule is Cc1nc(Nc2ncc3cc([C@@H](C)O)nc(N4CCCCC4)c3n2)ccc1N1CCN(C)CC1. The number of rotatable bonds is 5. The number of piperidine rings is 1. The Kier molecular flexibility index (Phi) is 6.47. The van der Waals surface area contributed by atoms with E-state index in [-0.39, 0.29) is 0 Å². The van der Waals surface area contributed by atoms with E-state index in [2.05, 4.69) is 45.0 Å². The Labute approximate surface area is 200 Å². The van der Waals surface area contributed by atoms with E-state index in [0.717, 1.165) is 80.3 Å². The van der Waals surface area contributed by atoms with E-state index in [4.69, 9.17) is 15.0 Å². The fourth-order valence-electron chi connectivity index (χ4n) is 4.76. The highest BCUT2D eigenvalue weighted by atomic mass is 16.3. The van der Waals surface area contributed by atoms with Crippen LogP contribution in [0.2, 0.25) is 0 Å². The van der Waals surface area contributed by atoms with Crippen LogP contribution >= 0.6 is 0 Å². The summed E-state index contributed by atoms with van der Waals surface area (Å²) in [6, 6.07) is 6.01. The number of anilines is 4. The van der Waals surface area contributed by atoms with Gasteiger partial charge in [-0.2, -0.15) is 0 Å². The van der Waals surface area contributed by atoms with E-state index in [0.29, 0.717) is 11.6 Å². The van der Waals surface area contributed by atoms with Crippen molar-refractivity contribution in [1.29, 1.82) is 0 Å². The van der Waals surface area contributed by atoms with Crippen LogP contribution < -0.4 is 15.1 Å². The average Bonchev–Trinajstić information content (AvgIpc) is 2.85. The first kappa shape index (κ1) is 22.7. The lowest BCUT2D eigenvalue weighted by molar-refractivity contribution is 0.194. The van der Waals surface area contributed by atoms with Crippen molar-refractivity contribution in [2.75, 3.05) is 61.4 Å². The van der Waals surface area contributed by atoms with Crippen molar-refractivity contribution in [3.05, 3.63) is 35.8 Å². The zero-order valence-electron chi connectivity index (χ0n) is 20.3. The summed E-state index contributed by atoms with van der Waals surface area (Å²) in [5.74, 6) is 2.05. The molecule has 2 fully saturated rings. The molecule has 1 atom stereocenters. The Hall–Kier alpha value is -3.04. The van der Waals surface area contributed by atoms with Crippen LogP contribution in [0.4, 0.5) is 23.3 Å². The summed E-state index contributed by atoms with van der Waals surface area (Å²) in [6.07, 6.45) is 4.68. The number of aliphatic hydroxyl groups excluding tert-OH is 1. The summed E-state index contributed by atoms with van der Waals surface area (Å²) < 4.78 is 0. The van der Waals surface area contributed by atoms with Crippen molar-refractivity contribution in [2.24, 2.45) is 0 Å². The number of aromatic nitrogens is 4. The predicted octanol–water partition coefficient (Wildman–Crippen LogP) is 3.27. The van der Waals surface area contributed by atoms with Crippen LogP contribution in [0.15, 0.2) is 24.4 Å². The van der Waals surface area contributed by atoms with Crippen molar-refractivity contribution in [3.8, 4) is 0 Å². The lowest BCUT2D eigenvalue weighted by Crippen LogP contribution is -2.44. The van der Waals surface area contributed by atoms with Crippen molar-refractivity contribution in [3.63, 3.8) is 0 Å². The van der Waals surface area contributed by atoms with Gasteiger partial charge in [0.15, 0.2) is 5.82 Å². The second-order valence-electron chi connectivity index (χ2n) is 9.44. The first-order chi connectivity index (χ1) is 16.5. The van der Waals surface area contributed by atoms with Gasteiger partial charge in [-0.05, 0) is 58.4 Å². The third-order valence-electron chi connectivity index (χ3n) is 6.79. The molecule has 0 radical (unpaired) electrons. The van der Waals surface area contributed by atoms with Crippen molar-refractivity contribution >= 4 is 34.2 Å². The molecule has 0 saturated carbocycles. The molecule has 9 heteroatoms. The molecule has 9 nitrogen and oxygen atoms in total. The predicted molar refractivity (Wildman–Crippen MR) is 136 cm³/mol. The molecule has 3 aromatic rings. The van der Waals surface area contributed by atoms with Gasteiger partial charge >= 0.3 is 0 Å². The number of likely N-dealkylation sites (N-methyl/N-ethyl adjacent to an activating group) is 1. The topological polar surface area (TPSA) is 93.5 Å². The monoisotopic (exact) mass is 462 g/mol. The quantitative estimate of drug-likeness (QED) is 0.592. The van der Waals surface area contributed by atoms with Crippen molar-refractivity contribution in [1.82, 2.24) is 24.8 Å². The number of pyridine rings is 2. The molecule has 0 aromatic carbocycles. The largest absolute Gasteiger partial charge is 0.387 e. The van der Waals surface area contributed by atoms with Crippen LogP contribution in [0.5, 0.6) is 0 Å². The Morgan fingerprint density at radius 3 is 2.41 bits per heavy atom. The fourth-order valence-corrected chi connectivity index (χ4v) is 4.76. The second-order valence-corrected chi connectivity index (χ2v) is 9.44. The van der Waals surface area contributed by atoms with E-state index in [1.165, 1.54) is 12.1 Å². The number of fused-ring (bicyclic) bond motifs is 1. The molecule has 3 aromatic heterocycles. The first-order valence-corrected chi connectivity index (χ1v) is 12.3. The van der Waals surface area contributed by atoms with Crippen molar-refractivity contribution < 1.29 is 5.11 Å². The highest BCUT2D eigenvalue weighted by molar-refractivity contribution is 5.89. The Morgan fingerprint density at radius 2 is 1.71 bits per heavy atom. The van der Waals surface area contributed by atoms with Gasteiger partial charge in [0.2, 0.25) is 5.95 Å². The second kappa shape index (κ2) is 9.68. The molecule has 180 valence electrons. The minimum atomic E-state index is -0.642. The van der Waals surface area contributed by atoms with Crippen LogP contribution in [0.25, 0.3) is 10.9 Å². The smallest absolute Gasteiger partial charge is 0.229 e. The molecule has 2 aliphatic rings. The molecule has 0 amide bonds. The van der Waals surface area contributed by atoms with Crippen LogP contribution in [-0.2, 0) is 0 Å². The Balaban J connectivity index is 1.43. The molecule has 0 aliphatic carbocycles. The zero-order valence-corrected chi connectivity index (χ0v) is 20.3. The van der Waals surface area contributed by atoms with Crippen molar-refractivity contribution in [2.45, 2.75) is 39.2 Å². The van der Waals surface area contributed by atoms with Crippen LogP contribution in [0.1, 0.15) is 43.7 Å². The number of hydrogen-bond acceptors (Lipinski definition) is 9. The first-order valence-electron chi connectivity index (χ1n) is 12.3. The minimum Gasteiger partial charge on any atom is -0.387 e. The number of hydrogen-bond donors (Lipinski definition) is 2. The molecular formula is C25H34N8O. The van der Waals surface area contributed by atoms with Gasteiger partial charge in [0.1, 0.15) is 11.3 Å². The van der Waals surface area contributed by atoms with Crippen LogP contribution in [-0.4, -0.2) is 76.3 Å². The summed E-state index contributed by atoms with van der Waals surface area (Å²) in [5, 5.41) is 14.3. The van der Waals surface area contributed by atoms with Gasteiger partial charge in [0.05, 0.1) is 23.2 Å². The normalized spacial score (nSPS) is 18.4. The Bertz CT molecular complexity index is 1150.